The van der Waals surface area contributed by atoms with Gasteiger partial charge in [-0.2, -0.15) is 4.39 Å². The molecule has 2 unspecified atom stereocenters. The molecule has 0 bridgehead atoms. The maximum atomic E-state index is 13.6. The van der Waals surface area contributed by atoms with Crippen LogP contribution >= 0.6 is 11.8 Å². The van der Waals surface area contributed by atoms with E-state index < -0.39 is 23.9 Å². The second-order valence-corrected chi connectivity index (χ2v) is 6.03. The van der Waals surface area contributed by atoms with Gasteiger partial charge in [0.05, 0.1) is 10.9 Å². The van der Waals surface area contributed by atoms with Gasteiger partial charge < -0.3 is 10.0 Å². The molecule has 1 fully saturated rings. The van der Waals surface area contributed by atoms with Crippen molar-refractivity contribution in [1.29, 1.82) is 0 Å². The van der Waals surface area contributed by atoms with Crippen molar-refractivity contribution in [3.05, 3.63) is 29.8 Å². The summed E-state index contributed by atoms with van der Waals surface area (Å²) in [5.74, 6) is -2.18. The van der Waals surface area contributed by atoms with Crippen molar-refractivity contribution in [2.24, 2.45) is 5.92 Å². The summed E-state index contributed by atoms with van der Waals surface area (Å²) in [7, 11) is 0. The summed E-state index contributed by atoms with van der Waals surface area (Å²) in [5, 5.41) is 8.96. The van der Waals surface area contributed by atoms with Crippen LogP contribution in [0.4, 0.5) is 4.39 Å². The van der Waals surface area contributed by atoms with Gasteiger partial charge in [-0.1, -0.05) is 13.8 Å². The van der Waals surface area contributed by atoms with E-state index in [2.05, 4.69) is 4.98 Å². The summed E-state index contributed by atoms with van der Waals surface area (Å²) >= 11 is 1.41. The summed E-state index contributed by atoms with van der Waals surface area (Å²) in [6.45, 7) is 3.81. The SMILES string of the molecule is CC(C)C1SCC(C(=O)O)N1C(=O)c1cccnc1F. The number of carbonyl (C=O) groups excluding carboxylic acids is 1. The quantitative estimate of drug-likeness (QED) is 0.862. The second-order valence-electron chi connectivity index (χ2n) is 4.88. The van der Waals surface area contributed by atoms with E-state index in [0.29, 0.717) is 5.75 Å². The van der Waals surface area contributed by atoms with E-state index in [-0.39, 0.29) is 16.9 Å². The Hall–Kier alpha value is -1.63. The zero-order valence-electron chi connectivity index (χ0n) is 11.1. The molecule has 0 spiro atoms. The van der Waals surface area contributed by atoms with Gasteiger partial charge in [0, 0.05) is 11.9 Å². The molecule has 0 aliphatic carbocycles. The van der Waals surface area contributed by atoms with Crippen LogP contribution < -0.4 is 0 Å². The molecule has 2 atom stereocenters. The highest BCUT2D eigenvalue weighted by Crippen LogP contribution is 2.35. The Labute approximate surface area is 120 Å². The Kier molecular flexibility index (Phi) is 4.27. The zero-order valence-corrected chi connectivity index (χ0v) is 11.9. The standard InChI is InChI=1S/C13H15FN2O3S/c1-7(2)12-16(9(6-20-12)13(18)19)11(17)8-4-3-5-15-10(8)14/h3-5,7,9,12H,6H2,1-2H3,(H,18,19). The molecule has 2 rings (SSSR count). The topological polar surface area (TPSA) is 70.5 Å². The molecule has 5 nitrogen and oxygen atoms in total. The minimum Gasteiger partial charge on any atom is -0.480 e. The monoisotopic (exact) mass is 298 g/mol. The number of aliphatic carboxylic acids is 1. The highest BCUT2D eigenvalue weighted by molar-refractivity contribution is 8.00. The first-order chi connectivity index (χ1) is 9.43. The zero-order chi connectivity index (χ0) is 14.9. The number of thioether (sulfide) groups is 1. The van der Waals surface area contributed by atoms with Gasteiger partial charge in [-0.05, 0) is 18.1 Å². The van der Waals surface area contributed by atoms with Crippen molar-refractivity contribution in [3.63, 3.8) is 0 Å². The average molecular weight is 298 g/mol. The van der Waals surface area contributed by atoms with Crippen LogP contribution in [0.1, 0.15) is 24.2 Å². The molecular weight excluding hydrogens is 283 g/mol. The van der Waals surface area contributed by atoms with E-state index in [0.717, 1.165) is 0 Å². The fraction of sp³-hybridized carbons (Fsp3) is 0.462. The van der Waals surface area contributed by atoms with Crippen LogP contribution in [0.25, 0.3) is 0 Å². The van der Waals surface area contributed by atoms with Gasteiger partial charge in [0.2, 0.25) is 5.95 Å². The third-order valence-electron chi connectivity index (χ3n) is 3.11. The molecule has 7 heteroatoms. The lowest BCUT2D eigenvalue weighted by Crippen LogP contribution is -2.47. The Morgan fingerprint density at radius 1 is 1.55 bits per heavy atom. The lowest BCUT2D eigenvalue weighted by Gasteiger charge is -2.29. The lowest BCUT2D eigenvalue weighted by atomic mass is 10.1. The molecule has 1 saturated heterocycles. The highest BCUT2D eigenvalue weighted by atomic mass is 32.2. The molecular formula is C13H15FN2O3S. The van der Waals surface area contributed by atoms with E-state index in [1.165, 1.54) is 35.0 Å². The van der Waals surface area contributed by atoms with Gasteiger partial charge >= 0.3 is 5.97 Å². The molecule has 1 aliphatic rings. The smallest absolute Gasteiger partial charge is 0.327 e. The van der Waals surface area contributed by atoms with E-state index in [9.17, 15) is 19.1 Å². The molecule has 1 N–H and O–H groups in total. The van der Waals surface area contributed by atoms with Crippen molar-refractivity contribution >= 4 is 23.6 Å². The molecule has 0 aromatic carbocycles. The van der Waals surface area contributed by atoms with Crippen molar-refractivity contribution < 1.29 is 19.1 Å². The maximum absolute atomic E-state index is 13.6. The Morgan fingerprint density at radius 2 is 2.25 bits per heavy atom. The summed E-state index contributed by atoms with van der Waals surface area (Å²) in [6.07, 6.45) is 1.25. The van der Waals surface area contributed by atoms with Crippen LogP contribution in [0.15, 0.2) is 18.3 Å². The first kappa shape index (κ1) is 14.8. The van der Waals surface area contributed by atoms with Gasteiger partial charge in [-0.15, -0.1) is 11.8 Å². The molecule has 1 aromatic heterocycles. The van der Waals surface area contributed by atoms with Gasteiger partial charge in [0.15, 0.2) is 0 Å². The Bertz CT molecular complexity index is 538. The number of hydrogen-bond acceptors (Lipinski definition) is 4. The van der Waals surface area contributed by atoms with Crippen molar-refractivity contribution in [2.45, 2.75) is 25.3 Å². The Balaban J connectivity index is 2.37. The third-order valence-corrected chi connectivity index (χ3v) is 4.74. The molecule has 20 heavy (non-hydrogen) atoms. The summed E-state index contributed by atoms with van der Waals surface area (Å²) in [5.41, 5.74) is -0.188. The molecule has 108 valence electrons. The number of amides is 1. The van der Waals surface area contributed by atoms with E-state index in [1.54, 1.807) is 0 Å². The second kappa shape index (κ2) is 5.78. The van der Waals surface area contributed by atoms with Gasteiger partial charge in [0.25, 0.3) is 5.91 Å². The predicted molar refractivity (Wildman–Crippen MR) is 72.9 cm³/mol. The van der Waals surface area contributed by atoms with Crippen LogP contribution in [0, 0.1) is 11.9 Å². The number of hydrogen-bond donors (Lipinski definition) is 1. The number of carboxylic acids is 1. The number of rotatable bonds is 3. The number of nitrogens with zero attached hydrogens (tertiary/aromatic N) is 2. The normalized spacial score (nSPS) is 22.3. The van der Waals surface area contributed by atoms with Crippen LogP contribution in [0.5, 0.6) is 0 Å². The van der Waals surface area contributed by atoms with E-state index in [4.69, 9.17) is 0 Å². The van der Waals surface area contributed by atoms with Gasteiger partial charge in [0.1, 0.15) is 6.04 Å². The van der Waals surface area contributed by atoms with Crippen molar-refractivity contribution in [3.8, 4) is 0 Å². The summed E-state index contributed by atoms with van der Waals surface area (Å²) < 4.78 is 13.6. The highest BCUT2D eigenvalue weighted by Gasteiger charge is 2.43. The van der Waals surface area contributed by atoms with Crippen LogP contribution in [-0.4, -0.2) is 44.0 Å². The van der Waals surface area contributed by atoms with Crippen LogP contribution in [0.2, 0.25) is 0 Å². The number of halogens is 1. The van der Waals surface area contributed by atoms with Crippen LogP contribution in [-0.2, 0) is 4.79 Å². The molecule has 0 saturated carbocycles. The molecule has 0 radical (unpaired) electrons. The third kappa shape index (κ3) is 2.63. The van der Waals surface area contributed by atoms with Crippen molar-refractivity contribution in [2.75, 3.05) is 5.75 Å². The number of aromatic nitrogens is 1. The fourth-order valence-electron chi connectivity index (χ4n) is 2.17. The fourth-order valence-corrected chi connectivity index (χ4v) is 3.64. The molecule has 1 aliphatic heterocycles. The number of carboxylic acid groups (broad SMARTS) is 1. The first-order valence-electron chi connectivity index (χ1n) is 6.21. The Morgan fingerprint density at radius 3 is 2.80 bits per heavy atom. The van der Waals surface area contributed by atoms with Crippen molar-refractivity contribution in [1.82, 2.24) is 9.88 Å². The summed E-state index contributed by atoms with van der Waals surface area (Å²) in [4.78, 5) is 28.5. The maximum Gasteiger partial charge on any atom is 0.327 e. The minimum atomic E-state index is -1.07. The van der Waals surface area contributed by atoms with Gasteiger partial charge in [-0.25, -0.2) is 9.78 Å². The largest absolute Gasteiger partial charge is 0.480 e. The molecule has 1 aromatic rings. The van der Waals surface area contributed by atoms with Gasteiger partial charge in [-0.3, -0.25) is 4.79 Å². The minimum absolute atomic E-state index is 0.0769. The van der Waals surface area contributed by atoms with E-state index in [1.807, 2.05) is 13.8 Å². The lowest BCUT2D eigenvalue weighted by molar-refractivity contribution is -0.141. The average Bonchev–Trinajstić information content (AvgIpc) is 2.83. The molecule has 1 amide bonds. The predicted octanol–water partition coefficient (Wildman–Crippen LogP) is 1.85. The van der Waals surface area contributed by atoms with Crippen LogP contribution in [0.3, 0.4) is 0 Å². The first-order valence-corrected chi connectivity index (χ1v) is 7.26. The number of pyridine rings is 1. The molecule has 2 heterocycles. The number of carbonyl (C=O) groups is 2. The van der Waals surface area contributed by atoms with E-state index >= 15 is 0 Å². The summed E-state index contributed by atoms with van der Waals surface area (Å²) in [6, 6.07) is 1.85.